The fourth-order valence-corrected chi connectivity index (χ4v) is 3.54. The van der Waals surface area contributed by atoms with Gasteiger partial charge < -0.3 is 4.74 Å². The highest BCUT2D eigenvalue weighted by Gasteiger charge is 2.15. The van der Waals surface area contributed by atoms with Crippen molar-refractivity contribution in [3.05, 3.63) is 41.8 Å². The highest BCUT2D eigenvalue weighted by atomic mass is 32.2. The summed E-state index contributed by atoms with van der Waals surface area (Å²) in [6.45, 7) is 0.664. The third-order valence-corrected chi connectivity index (χ3v) is 4.47. The second-order valence-corrected chi connectivity index (χ2v) is 6.72. The van der Waals surface area contributed by atoms with Crippen molar-refractivity contribution in [3.8, 4) is 0 Å². The second kappa shape index (κ2) is 6.04. The molecule has 18 heavy (non-hydrogen) atoms. The van der Waals surface area contributed by atoms with E-state index in [1.54, 1.807) is 7.11 Å². The summed E-state index contributed by atoms with van der Waals surface area (Å²) in [6.07, 6.45) is 10.7. The molecule has 1 heterocycles. The van der Waals surface area contributed by atoms with Crippen LogP contribution in [0, 0.1) is 6.26 Å². The van der Waals surface area contributed by atoms with Gasteiger partial charge in [0, 0.05) is 18.2 Å². The first-order valence-corrected chi connectivity index (χ1v) is 8.90. The molecule has 0 saturated carbocycles. The fourth-order valence-electron chi connectivity index (χ4n) is 2.22. The van der Waals surface area contributed by atoms with Gasteiger partial charge in [-0.25, -0.2) is 3.97 Å². The molecule has 0 saturated heterocycles. The first kappa shape index (κ1) is 13.8. The predicted molar refractivity (Wildman–Crippen MR) is 83.9 cm³/mol. The normalized spacial score (nSPS) is 13.1. The molecule has 0 aliphatic rings. The molecule has 0 radical (unpaired) electrons. The lowest BCUT2D eigenvalue weighted by Crippen LogP contribution is -2.04. The minimum Gasteiger partial charge on any atom is -0.380 e. The van der Waals surface area contributed by atoms with Gasteiger partial charge in [-0.15, -0.1) is 0 Å². The Bertz CT molecular complexity index is 534. The molecular weight excluding hydrogens is 262 g/mol. The van der Waals surface area contributed by atoms with E-state index in [-0.39, 0.29) is 11.1 Å². The third kappa shape index (κ3) is 2.56. The number of aromatic nitrogens is 1. The maximum absolute atomic E-state index is 5.31. The Hall–Kier alpha value is -0.580. The van der Waals surface area contributed by atoms with Crippen molar-refractivity contribution in [1.82, 2.24) is 3.97 Å². The molecule has 2 aromatic rings. The first-order valence-electron chi connectivity index (χ1n) is 5.74. The second-order valence-electron chi connectivity index (χ2n) is 4.26. The van der Waals surface area contributed by atoms with Crippen LogP contribution in [0.4, 0.5) is 0 Å². The van der Waals surface area contributed by atoms with Gasteiger partial charge in [0.25, 0.3) is 0 Å². The van der Waals surface area contributed by atoms with Crippen molar-refractivity contribution < 1.29 is 4.74 Å². The predicted octanol–water partition coefficient (Wildman–Crippen LogP) is 3.45. The van der Waals surface area contributed by atoms with Crippen LogP contribution in [-0.4, -0.2) is 23.6 Å². The third-order valence-electron chi connectivity index (χ3n) is 2.90. The van der Waals surface area contributed by atoms with Gasteiger partial charge in [-0.3, -0.25) is 0 Å². The van der Waals surface area contributed by atoms with Gasteiger partial charge >= 0.3 is 0 Å². The number of hydrogen-bond acceptors (Lipinski definition) is 2. The van der Waals surface area contributed by atoms with E-state index in [1.165, 1.54) is 22.0 Å². The summed E-state index contributed by atoms with van der Waals surface area (Å²) in [4.78, 5) is 0. The summed E-state index contributed by atoms with van der Waals surface area (Å²) in [5.41, 5.74) is 3.92. The van der Waals surface area contributed by atoms with Crippen molar-refractivity contribution in [2.24, 2.45) is 0 Å². The van der Waals surface area contributed by atoms with E-state index >= 15 is 0 Å². The van der Waals surface area contributed by atoms with Crippen molar-refractivity contribution in [2.45, 2.75) is 12.4 Å². The molecular formula is C14H19NOS2. The smallest absolute Gasteiger partial charge is 0.0948 e. The summed E-state index contributed by atoms with van der Waals surface area (Å²) >= 11 is 1.82. The molecule has 0 aliphatic heterocycles. The van der Waals surface area contributed by atoms with E-state index < -0.39 is 0 Å². The molecule has 0 bridgehead atoms. The van der Waals surface area contributed by atoms with Crippen LogP contribution in [0.25, 0.3) is 10.9 Å². The van der Waals surface area contributed by atoms with Gasteiger partial charge in [0.2, 0.25) is 0 Å². The van der Waals surface area contributed by atoms with Crippen molar-refractivity contribution in [2.75, 3.05) is 19.6 Å². The van der Waals surface area contributed by atoms with Crippen LogP contribution in [0.3, 0.4) is 0 Å². The number of benzene rings is 1. The fraction of sp³-hybridized carbons (Fsp3) is 0.357. The number of fused-ring (bicyclic) bond motifs is 1. The number of rotatable bonds is 5. The molecule has 0 spiro atoms. The molecule has 1 unspecified atom stereocenters. The van der Waals surface area contributed by atoms with E-state index in [2.05, 4.69) is 47.1 Å². The van der Waals surface area contributed by atoms with Crippen molar-refractivity contribution >= 4 is 33.7 Å². The molecule has 0 amide bonds. The van der Waals surface area contributed by atoms with Crippen LogP contribution in [0.2, 0.25) is 0 Å². The zero-order valence-corrected chi connectivity index (χ0v) is 12.7. The molecule has 98 valence electrons. The maximum Gasteiger partial charge on any atom is 0.0948 e. The highest BCUT2D eigenvalue weighted by molar-refractivity contribution is 7.97. The van der Waals surface area contributed by atoms with Gasteiger partial charge in [0.15, 0.2) is 0 Å². The van der Waals surface area contributed by atoms with Crippen molar-refractivity contribution in [1.29, 1.82) is 0 Å². The summed E-state index contributed by atoms with van der Waals surface area (Å²) in [5.74, 6) is 1.03. The zero-order valence-electron chi connectivity index (χ0n) is 11.1. The largest absolute Gasteiger partial charge is 0.380 e. The minimum atomic E-state index is -0.0319. The lowest BCUT2D eigenvalue weighted by molar-refractivity contribution is 0.186. The average Bonchev–Trinajstić information content (AvgIpc) is 2.70. The highest BCUT2D eigenvalue weighted by Crippen LogP contribution is 2.29. The first-order chi connectivity index (χ1) is 8.69. The van der Waals surface area contributed by atoms with Gasteiger partial charge in [-0.1, -0.05) is 29.5 Å². The Morgan fingerprint density at radius 3 is 2.78 bits per heavy atom. The molecule has 4 heteroatoms. The van der Waals surface area contributed by atoms with Crippen LogP contribution in [0.5, 0.6) is 0 Å². The summed E-state index contributed by atoms with van der Waals surface area (Å²) < 4.78 is 7.59. The van der Waals surface area contributed by atoms with E-state index in [1.807, 2.05) is 11.8 Å². The Morgan fingerprint density at radius 2 is 2.17 bits per heavy atom. The number of ether oxygens (including phenoxy) is 1. The molecule has 0 aliphatic carbocycles. The Balaban J connectivity index is 2.66. The van der Waals surface area contributed by atoms with Crippen molar-refractivity contribution in [3.63, 3.8) is 0 Å². The molecule has 2 rings (SSSR count). The number of methoxy groups -OCH3 is 1. The number of hydrogen-bond donors (Lipinski definition) is 0. The van der Waals surface area contributed by atoms with Gasteiger partial charge in [-0.05, 0) is 23.4 Å². The van der Waals surface area contributed by atoms with Gasteiger partial charge in [0.1, 0.15) is 0 Å². The Kier molecular flexibility index (Phi) is 4.65. The lowest BCUT2D eigenvalue weighted by atomic mass is 10.1. The molecule has 1 aromatic carbocycles. The zero-order chi connectivity index (χ0) is 13.1. The Morgan fingerprint density at radius 1 is 1.39 bits per heavy atom. The number of nitrogens with zero attached hydrogens (tertiary/aromatic N) is 1. The van der Waals surface area contributed by atoms with Crippen LogP contribution in [0.1, 0.15) is 11.1 Å². The SMILES string of the molecule is [CH2-][S+](C)n1cc(CSC)c2c(COC)cccc21. The number of thioether (sulfide) groups is 1. The molecule has 0 N–H and O–H groups in total. The van der Waals surface area contributed by atoms with E-state index in [0.29, 0.717) is 6.61 Å². The van der Waals surface area contributed by atoms with Crippen LogP contribution in [-0.2, 0) is 28.2 Å². The monoisotopic (exact) mass is 281 g/mol. The van der Waals surface area contributed by atoms with Gasteiger partial charge in [-0.2, -0.15) is 11.8 Å². The van der Waals surface area contributed by atoms with Crippen LogP contribution < -0.4 is 0 Å². The summed E-state index contributed by atoms with van der Waals surface area (Å²) in [7, 11) is 1.75. The summed E-state index contributed by atoms with van der Waals surface area (Å²) in [5, 5.41) is 1.34. The standard InChI is InChI=1S/C14H19NOS2/c1-16-9-11-6-5-7-13-14(11)12(10-17-2)8-15(13)18(3)4/h5-8H,3,9-10H2,1-2,4H3. The van der Waals surface area contributed by atoms with Crippen LogP contribution in [0.15, 0.2) is 24.4 Å². The van der Waals surface area contributed by atoms with Gasteiger partial charge in [0.05, 0.1) is 24.6 Å². The maximum atomic E-state index is 5.31. The minimum absolute atomic E-state index is 0.0319. The lowest BCUT2D eigenvalue weighted by Gasteiger charge is -2.07. The summed E-state index contributed by atoms with van der Waals surface area (Å²) in [6, 6.07) is 6.42. The van der Waals surface area contributed by atoms with E-state index in [0.717, 1.165) is 5.75 Å². The molecule has 1 atom stereocenters. The topological polar surface area (TPSA) is 14.2 Å². The van der Waals surface area contributed by atoms with E-state index in [4.69, 9.17) is 4.74 Å². The Labute approximate surface area is 116 Å². The molecule has 2 nitrogen and oxygen atoms in total. The molecule has 0 fully saturated rings. The van der Waals surface area contributed by atoms with Crippen LogP contribution >= 0.6 is 11.8 Å². The van der Waals surface area contributed by atoms with E-state index in [9.17, 15) is 0 Å². The average molecular weight is 281 g/mol. The molecule has 1 aromatic heterocycles. The quantitative estimate of drug-likeness (QED) is 0.615.